The predicted octanol–water partition coefficient (Wildman–Crippen LogP) is 8.95. The Balaban J connectivity index is 1.19. The number of rotatable bonds is 24. The third-order valence-corrected chi connectivity index (χ3v) is 13.6. The monoisotopic (exact) mass is 855 g/mol. The smallest absolute Gasteiger partial charge is 0.242 e. The van der Waals surface area contributed by atoms with Gasteiger partial charge in [0.05, 0.1) is 39.9 Å². The summed E-state index contributed by atoms with van der Waals surface area (Å²) in [6, 6.07) is 26.9. The molecule has 1 saturated heterocycles. The minimum absolute atomic E-state index is 0.0938. The maximum Gasteiger partial charge on any atom is 0.242 e. The van der Waals surface area contributed by atoms with Crippen LogP contribution in [0.1, 0.15) is 106 Å². The number of aliphatic imine (C=N–C) groups is 1. The number of aromatic nitrogens is 2. The lowest BCUT2D eigenvalue weighted by Crippen LogP contribution is -2.50. The summed E-state index contributed by atoms with van der Waals surface area (Å²) < 4.78 is 33.2. The molecule has 4 aromatic rings. The topological polar surface area (TPSA) is 161 Å². The molecule has 61 heavy (non-hydrogen) atoms. The third kappa shape index (κ3) is 12.0. The van der Waals surface area contributed by atoms with Crippen LogP contribution in [0.15, 0.2) is 90.2 Å². The van der Waals surface area contributed by atoms with E-state index in [4.69, 9.17) is 45.1 Å². The van der Waals surface area contributed by atoms with E-state index >= 15 is 0 Å². The molecule has 13 heteroatoms. The molecule has 2 aliphatic heterocycles. The summed E-state index contributed by atoms with van der Waals surface area (Å²) in [4.78, 5) is 9.75. The molecule has 1 fully saturated rings. The van der Waals surface area contributed by atoms with Crippen LogP contribution in [0.3, 0.4) is 0 Å². The standard InChI is InChI=1S/C48H70N6O6Si/c1-56-39-25-21-37(22-26-39)48(36-19-15-14-16-20-36,38-23-27-40(57-2)28-24-38)59-34-42-41(55)33-43(60-42)54-35-51-44-45(54)52-47(50,53-46(44)58-31-32-61(3,4)5)29-17-12-10-8-6-7-9-11-13-18-30-49/h14-16,19-28,35,41-43,52,55H,6-13,17-18,29-34,49-50H2,1-5H3/t41-,42+,43+,47?/m0/s1. The first-order valence-corrected chi connectivity index (χ1v) is 26.1. The first-order valence-electron chi connectivity index (χ1n) is 22.4. The summed E-state index contributed by atoms with van der Waals surface area (Å²) in [5.74, 6) is 1.54. The number of methoxy groups -OCH3 is 2. The highest BCUT2D eigenvalue weighted by atomic mass is 28.3. The number of unbranched alkanes of at least 4 members (excludes halogenated alkanes) is 9. The maximum absolute atomic E-state index is 11.7. The van der Waals surface area contributed by atoms with Crippen LogP contribution in [-0.2, 0) is 19.8 Å². The number of anilines is 1. The van der Waals surface area contributed by atoms with E-state index in [2.05, 4.69) is 37.1 Å². The summed E-state index contributed by atoms with van der Waals surface area (Å²) in [6.45, 7) is 8.42. The molecule has 0 saturated carbocycles. The zero-order valence-corrected chi connectivity index (χ0v) is 38.1. The molecule has 1 aromatic heterocycles. The largest absolute Gasteiger partial charge is 0.497 e. The van der Waals surface area contributed by atoms with Crippen molar-refractivity contribution in [3.63, 3.8) is 0 Å². The van der Waals surface area contributed by atoms with E-state index in [-0.39, 0.29) is 6.61 Å². The molecular formula is C48H70N6O6Si. The van der Waals surface area contributed by atoms with Crippen LogP contribution < -0.4 is 26.3 Å². The predicted molar refractivity (Wildman–Crippen MR) is 246 cm³/mol. The number of nitrogens with two attached hydrogens (primary N) is 2. The molecule has 12 nitrogen and oxygen atoms in total. The van der Waals surface area contributed by atoms with Gasteiger partial charge < -0.3 is 39.8 Å². The Morgan fingerprint density at radius 2 is 1.38 bits per heavy atom. The van der Waals surface area contributed by atoms with Gasteiger partial charge in [0.15, 0.2) is 11.5 Å². The van der Waals surface area contributed by atoms with Gasteiger partial charge in [-0.15, -0.1) is 0 Å². The van der Waals surface area contributed by atoms with Crippen molar-refractivity contribution in [3.8, 4) is 11.5 Å². The van der Waals surface area contributed by atoms with Crippen LogP contribution >= 0.6 is 0 Å². The molecule has 2 aliphatic rings. The van der Waals surface area contributed by atoms with E-state index in [9.17, 15) is 5.11 Å². The highest BCUT2D eigenvalue weighted by Crippen LogP contribution is 2.43. The van der Waals surface area contributed by atoms with Crippen LogP contribution in [-0.4, -0.2) is 80.6 Å². The lowest BCUT2D eigenvalue weighted by Gasteiger charge is -2.37. The van der Waals surface area contributed by atoms with E-state index in [1.807, 2.05) is 71.3 Å². The maximum atomic E-state index is 11.7. The number of nitrogens with zero attached hydrogens (tertiary/aromatic N) is 3. The van der Waals surface area contributed by atoms with Gasteiger partial charge in [-0.2, -0.15) is 0 Å². The lowest BCUT2D eigenvalue weighted by atomic mass is 9.80. The van der Waals surface area contributed by atoms with Gasteiger partial charge in [-0.3, -0.25) is 10.3 Å². The number of nitrogens with one attached hydrogen (secondary N) is 1. The Kier molecular flexibility index (Phi) is 16.5. The fourth-order valence-electron chi connectivity index (χ4n) is 8.27. The fraction of sp³-hybridized carbons (Fsp3) is 0.542. The number of aliphatic hydroxyl groups is 1. The van der Waals surface area contributed by atoms with Crippen LogP contribution in [0.5, 0.6) is 11.5 Å². The second-order valence-corrected chi connectivity index (χ2v) is 23.4. The minimum Gasteiger partial charge on any atom is -0.497 e. The SMILES string of the molecule is COc1ccc(C(OC[C@H]2O[C@@H](n3cnc4c3NC(N)(CCCCCCCCCCCCN)N=C4OCC[Si](C)(C)C)C[C@@H]2O)(c2ccccc2)c2ccc(OC)cc2)cc1. The molecule has 0 spiro atoms. The Morgan fingerprint density at radius 3 is 1.93 bits per heavy atom. The van der Waals surface area contributed by atoms with Crippen molar-refractivity contribution >= 4 is 19.8 Å². The number of fused-ring (bicyclic) bond motifs is 1. The molecule has 6 rings (SSSR count). The fourth-order valence-corrected chi connectivity index (χ4v) is 8.98. The molecule has 0 radical (unpaired) electrons. The van der Waals surface area contributed by atoms with Gasteiger partial charge in [0.2, 0.25) is 5.90 Å². The van der Waals surface area contributed by atoms with Gasteiger partial charge in [0, 0.05) is 20.9 Å². The summed E-state index contributed by atoms with van der Waals surface area (Å²) in [5, 5.41) is 15.2. The van der Waals surface area contributed by atoms with E-state index in [1.54, 1.807) is 20.5 Å². The molecule has 3 heterocycles. The molecule has 332 valence electrons. The van der Waals surface area contributed by atoms with Gasteiger partial charge in [0.1, 0.15) is 35.2 Å². The van der Waals surface area contributed by atoms with Gasteiger partial charge in [-0.05, 0) is 66.4 Å². The molecule has 3 aromatic carbocycles. The van der Waals surface area contributed by atoms with Crippen molar-refractivity contribution in [1.82, 2.24) is 9.55 Å². The molecule has 6 N–H and O–H groups in total. The summed E-state index contributed by atoms with van der Waals surface area (Å²) in [6.07, 6.45) is 12.6. The van der Waals surface area contributed by atoms with Crippen molar-refractivity contribution in [2.75, 3.05) is 39.3 Å². The van der Waals surface area contributed by atoms with Crippen LogP contribution in [0.25, 0.3) is 0 Å². The van der Waals surface area contributed by atoms with Gasteiger partial charge in [0.25, 0.3) is 0 Å². The second kappa shape index (κ2) is 21.7. The van der Waals surface area contributed by atoms with Crippen molar-refractivity contribution in [3.05, 3.63) is 108 Å². The average Bonchev–Trinajstić information content (AvgIpc) is 3.85. The Labute approximate surface area is 364 Å². The van der Waals surface area contributed by atoms with E-state index in [1.165, 1.54) is 44.9 Å². The highest BCUT2D eigenvalue weighted by Gasteiger charge is 2.44. The van der Waals surface area contributed by atoms with Crippen molar-refractivity contribution in [1.29, 1.82) is 0 Å². The second-order valence-electron chi connectivity index (χ2n) is 17.8. The number of aliphatic hydroxyl groups excluding tert-OH is 1. The summed E-state index contributed by atoms with van der Waals surface area (Å²) in [5.41, 5.74) is 15.0. The molecular weight excluding hydrogens is 785 g/mol. The van der Waals surface area contributed by atoms with E-state index in [0.717, 1.165) is 60.0 Å². The minimum atomic E-state index is -1.37. The molecule has 0 bridgehead atoms. The first kappa shape index (κ1) is 46.3. The average molecular weight is 855 g/mol. The van der Waals surface area contributed by atoms with Crippen LogP contribution in [0.4, 0.5) is 5.82 Å². The first-order chi connectivity index (χ1) is 29.5. The van der Waals surface area contributed by atoms with Crippen molar-refractivity contribution < 1.29 is 28.8 Å². The Bertz CT molecular complexity index is 1910. The van der Waals surface area contributed by atoms with Crippen LogP contribution in [0.2, 0.25) is 25.7 Å². The number of ether oxygens (including phenoxy) is 5. The lowest BCUT2D eigenvalue weighted by molar-refractivity contribution is -0.0934. The number of benzene rings is 3. The van der Waals surface area contributed by atoms with Gasteiger partial charge in [-0.25, -0.2) is 9.98 Å². The summed E-state index contributed by atoms with van der Waals surface area (Å²) >= 11 is 0. The normalized spacial score (nSPS) is 20.2. The van der Waals surface area contributed by atoms with Crippen LogP contribution in [0, 0.1) is 0 Å². The number of imidazole rings is 1. The van der Waals surface area contributed by atoms with E-state index in [0.29, 0.717) is 36.9 Å². The zero-order valence-electron chi connectivity index (χ0n) is 37.1. The number of hydrogen-bond acceptors (Lipinski definition) is 11. The molecule has 1 unspecified atom stereocenters. The quantitative estimate of drug-likeness (QED) is 0.0304. The third-order valence-electron chi connectivity index (χ3n) is 11.9. The van der Waals surface area contributed by atoms with Crippen molar-refractivity contribution in [2.24, 2.45) is 16.5 Å². The molecule has 0 aliphatic carbocycles. The van der Waals surface area contributed by atoms with E-state index < -0.39 is 37.9 Å². The molecule has 4 atom stereocenters. The highest BCUT2D eigenvalue weighted by molar-refractivity contribution is 6.76. The number of hydrogen-bond donors (Lipinski definition) is 4. The molecule has 0 amide bonds. The Morgan fingerprint density at radius 1 is 0.820 bits per heavy atom. The summed E-state index contributed by atoms with van der Waals surface area (Å²) in [7, 11) is 1.93. The van der Waals surface area contributed by atoms with Crippen molar-refractivity contribution in [2.45, 2.75) is 133 Å². The van der Waals surface area contributed by atoms with Gasteiger partial charge in [-0.1, -0.05) is 126 Å². The Hall–Kier alpha value is -4.24. The van der Waals surface area contributed by atoms with Gasteiger partial charge >= 0.3 is 0 Å². The zero-order chi connectivity index (χ0) is 43.3.